The fraction of sp³-hybridized carbons (Fsp3) is 1.00. The Kier molecular flexibility index (Phi) is 8.30. The van der Waals surface area contributed by atoms with E-state index in [1.165, 1.54) is 25.7 Å². The van der Waals surface area contributed by atoms with Crippen LogP contribution in [-0.2, 0) is 0 Å². The SMILES string of the molecule is CCCCC(I)CCBr. The number of hydrogen-bond acceptors (Lipinski definition) is 0. The Morgan fingerprint density at radius 1 is 1.44 bits per heavy atom. The average Bonchev–Trinajstić information content (AvgIpc) is 1.85. The standard InChI is InChI=1S/C7H14BrI/c1-2-3-4-7(9)5-6-8/h7H,2-6H2,1H3. The van der Waals surface area contributed by atoms with E-state index in [2.05, 4.69) is 45.4 Å². The summed E-state index contributed by atoms with van der Waals surface area (Å²) in [5, 5.41) is 1.16. The van der Waals surface area contributed by atoms with Crippen molar-refractivity contribution in [3.63, 3.8) is 0 Å². The molecule has 0 aliphatic heterocycles. The Hall–Kier alpha value is 1.21. The predicted molar refractivity (Wildman–Crippen MR) is 55.7 cm³/mol. The average molecular weight is 305 g/mol. The van der Waals surface area contributed by atoms with Gasteiger partial charge in [0.25, 0.3) is 0 Å². The lowest BCUT2D eigenvalue weighted by Crippen LogP contribution is -1.96. The smallest absolute Gasteiger partial charge is 0.0118 e. The maximum atomic E-state index is 3.44. The highest BCUT2D eigenvalue weighted by Gasteiger charge is 1.99. The second kappa shape index (κ2) is 7.32. The van der Waals surface area contributed by atoms with Crippen LogP contribution in [-0.4, -0.2) is 9.25 Å². The molecule has 56 valence electrons. The van der Waals surface area contributed by atoms with Gasteiger partial charge in [-0.25, -0.2) is 0 Å². The monoisotopic (exact) mass is 304 g/mol. The van der Waals surface area contributed by atoms with E-state index in [0.29, 0.717) is 0 Å². The largest absolute Gasteiger partial charge is 0.0928 e. The molecule has 1 atom stereocenters. The maximum Gasteiger partial charge on any atom is 0.0118 e. The molecule has 0 nitrogen and oxygen atoms in total. The van der Waals surface area contributed by atoms with Gasteiger partial charge < -0.3 is 0 Å². The summed E-state index contributed by atoms with van der Waals surface area (Å²) in [5.74, 6) is 0. The van der Waals surface area contributed by atoms with E-state index in [0.717, 1.165) is 9.25 Å². The third-order valence-corrected chi connectivity index (χ3v) is 3.00. The van der Waals surface area contributed by atoms with Gasteiger partial charge in [-0.1, -0.05) is 58.3 Å². The number of halogens is 2. The van der Waals surface area contributed by atoms with Gasteiger partial charge in [-0.3, -0.25) is 0 Å². The lowest BCUT2D eigenvalue weighted by atomic mass is 10.2. The molecule has 0 rings (SSSR count). The van der Waals surface area contributed by atoms with Crippen molar-refractivity contribution in [3.05, 3.63) is 0 Å². The van der Waals surface area contributed by atoms with Crippen molar-refractivity contribution in [2.75, 3.05) is 5.33 Å². The molecule has 0 aliphatic carbocycles. The van der Waals surface area contributed by atoms with Crippen molar-refractivity contribution in [1.82, 2.24) is 0 Å². The summed E-state index contributed by atoms with van der Waals surface area (Å²) in [4.78, 5) is 0. The molecule has 0 aromatic carbocycles. The van der Waals surface area contributed by atoms with E-state index >= 15 is 0 Å². The van der Waals surface area contributed by atoms with E-state index in [4.69, 9.17) is 0 Å². The first-order valence-electron chi connectivity index (χ1n) is 3.51. The van der Waals surface area contributed by atoms with Gasteiger partial charge in [0.05, 0.1) is 0 Å². The summed E-state index contributed by atoms with van der Waals surface area (Å²) in [7, 11) is 0. The zero-order chi connectivity index (χ0) is 7.11. The second-order valence-corrected chi connectivity index (χ2v) is 4.77. The molecule has 0 aromatic rings. The van der Waals surface area contributed by atoms with Gasteiger partial charge in [-0.15, -0.1) is 0 Å². The van der Waals surface area contributed by atoms with Crippen molar-refractivity contribution in [1.29, 1.82) is 0 Å². The Morgan fingerprint density at radius 3 is 2.56 bits per heavy atom. The quantitative estimate of drug-likeness (QED) is 0.536. The summed E-state index contributed by atoms with van der Waals surface area (Å²) < 4.78 is 0.891. The number of alkyl halides is 2. The third kappa shape index (κ3) is 7.10. The molecule has 2 heteroatoms. The molecule has 0 heterocycles. The van der Waals surface area contributed by atoms with Gasteiger partial charge >= 0.3 is 0 Å². The molecule has 0 saturated heterocycles. The van der Waals surface area contributed by atoms with Crippen molar-refractivity contribution in [2.24, 2.45) is 0 Å². The van der Waals surface area contributed by atoms with E-state index < -0.39 is 0 Å². The number of hydrogen-bond donors (Lipinski definition) is 0. The first-order valence-corrected chi connectivity index (χ1v) is 5.88. The highest BCUT2D eigenvalue weighted by molar-refractivity contribution is 14.1. The molecule has 0 radical (unpaired) electrons. The van der Waals surface area contributed by atoms with E-state index in [1.807, 2.05) is 0 Å². The zero-order valence-corrected chi connectivity index (χ0v) is 9.61. The third-order valence-electron chi connectivity index (χ3n) is 1.29. The minimum Gasteiger partial charge on any atom is -0.0928 e. The molecule has 0 fully saturated rings. The fourth-order valence-corrected chi connectivity index (χ4v) is 2.85. The van der Waals surface area contributed by atoms with Crippen LogP contribution in [0, 0.1) is 0 Å². The molecule has 0 N–H and O–H groups in total. The van der Waals surface area contributed by atoms with Gasteiger partial charge in [0, 0.05) is 9.25 Å². The van der Waals surface area contributed by atoms with Gasteiger partial charge in [0.2, 0.25) is 0 Å². The van der Waals surface area contributed by atoms with Crippen molar-refractivity contribution >= 4 is 38.5 Å². The van der Waals surface area contributed by atoms with Crippen LogP contribution in [0.3, 0.4) is 0 Å². The lowest BCUT2D eigenvalue weighted by molar-refractivity contribution is 0.690. The predicted octanol–water partition coefficient (Wildman–Crippen LogP) is 3.77. The van der Waals surface area contributed by atoms with Crippen LogP contribution in [0.15, 0.2) is 0 Å². The molecule has 1 unspecified atom stereocenters. The van der Waals surface area contributed by atoms with Gasteiger partial charge in [-0.2, -0.15) is 0 Å². The summed E-state index contributed by atoms with van der Waals surface area (Å²) in [6.45, 7) is 2.25. The topological polar surface area (TPSA) is 0 Å². The number of unbranched alkanes of at least 4 members (excludes halogenated alkanes) is 1. The molecule has 0 spiro atoms. The van der Waals surface area contributed by atoms with Gasteiger partial charge in [-0.05, 0) is 12.8 Å². The molecular formula is C7H14BrI. The van der Waals surface area contributed by atoms with Crippen molar-refractivity contribution in [2.45, 2.75) is 36.5 Å². The van der Waals surface area contributed by atoms with E-state index in [-0.39, 0.29) is 0 Å². The van der Waals surface area contributed by atoms with Gasteiger partial charge in [0.15, 0.2) is 0 Å². The first-order chi connectivity index (χ1) is 4.31. The normalized spacial score (nSPS) is 13.7. The van der Waals surface area contributed by atoms with Crippen molar-refractivity contribution < 1.29 is 0 Å². The van der Waals surface area contributed by atoms with Crippen LogP contribution in [0.25, 0.3) is 0 Å². The van der Waals surface area contributed by atoms with Crippen LogP contribution in [0.4, 0.5) is 0 Å². The molecular weight excluding hydrogens is 291 g/mol. The molecule has 0 saturated carbocycles. The zero-order valence-electron chi connectivity index (χ0n) is 5.87. The molecule has 9 heavy (non-hydrogen) atoms. The molecule has 0 amide bonds. The highest BCUT2D eigenvalue weighted by Crippen LogP contribution is 2.14. The van der Waals surface area contributed by atoms with Gasteiger partial charge in [0.1, 0.15) is 0 Å². The minimum absolute atomic E-state index is 0.891. The summed E-state index contributed by atoms with van der Waals surface area (Å²) in [6.07, 6.45) is 5.44. The minimum atomic E-state index is 0.891. The van der Waals surface area contributed by atoms with E-state index in [9.17, 15) is 0 Å². The van der Waals surface area contributed by atoms with Crippen LogP contribution < -0.4 is 0 Å². The van der Waals surface area contributed by atoms with Crippen LogP contribution in [0.2, 0.25) is 0 Å². The lowest BCUT2D eigenvalue weighted by Gasteiger charge is -2.04. The summed E-state index contributed by atoms with van der Waals surface area (Å²) in [6, 6.07) is 0. The van der Waals surface area contributed by atoms with Crippen LogP contribution in [0.5, 0.6) is 0 Å². The van der Waals surface area contributed by atoms with Crippen LogP contribution in [0.1, 0.15) is 32.6 Å². The molecule has 0 aliphatic rings. The second-order valence-electron chi connectivity index (χ2n) is 2.22. The fourth-order valence-electron chi connectivity index (χ4n) is 0.688. The summed E-state index contributed by atoms with van der Waals surface area (Å²) in [5.41, 5.74) is 0. The Morgan fingerprint density at radius 2 is 2.11 bits per heavy atom. The molecule has 0 bridgehead atoms. The Balaban J connectivity index is 2.95. The maximum absolute atomic E-state index is 3.44. The van der Waals surface area contributed by atoms with E-state index in [1.54, 1.807) is 0 Å². The summed E-state index contributed by atoms with van der Waals surface area (Å²) >= 11 is 5.97. The Labute approximate surface area is 80.1 Å². The Bertz CT molecular complexity index is 56.9. The van der Waals surface area contributed by atoms with Crippen molar-refractivity contribution in [3.8, 4) is 0 Å². The number of rotatable bonds is 5. The van der Waals surface area contributed by atoms with Crippen LogP contribution >= 0.6 is 38.5 Å². The molecule has 0 aromatic heterocycles. The highest BCUT2D eigenvalue weighted by atomic mass is 127. The first kappa shape index (κ1) is 10.2.